The Bertz CT molecular complexity index is 778. The van der Waals surface area contributed by atoms with E-state index in [4.69, 9.17) is 4.74 Å². The molecule has 2 atom stereocenters. The second kappa shape index (κ2) is 7.40. The molecule has 2 aromatic rings. The van der Waals surface area contributed by atoms with E-state index < -0.39 is 11.0 Å². The average Bonchev–Trinajstić information content (AvgIpc) is 3.18. The molecule has 0 saturated carbocycles. The number of non-ortho nitro benzene ring substituents is 1. The van der Waals surface area contributed by atoms with E-state index in [1.54, 1.807) is 28.4 Å². The summed E-state index contributed by atoms with van der Waals surface area (Å²) in [6, 6.07) is 5.82. The van der Waals surface area contributed by atoms with Crippen molar-refractivity contribution < 1.29 is 14.5 Å². The van der Waals surface area contributed by atoms with Crippen molar-refractivity contribution in [1.29, 1.82) is 0 Å². The molecule has 0 spiro atoms. The highest BCUT2D eigenvalue weighted by molar-refractivity contribution is 7.81. The van der Waals surface area contributed by atoms with E-state index in [2.05, 4.69) is 17.6 Å². The van der Waals surface area contributed by atoms with Crippen molar-refractivity contribution in [2.75, 3.05) is 6.54 Å². The van der Waals surface area contributed by atoms with E-state index in [-0.39, 0.29) is 23.6 Å². The van der Waals surface area contributed by atoms with Gasteiger partial charge in [-0.05, 0) is 31.0 Å². The summed E-state index contributed by atoms with van der Waals surface area (Å²) in [6.45, 7) is 2.50. The van der Waals surface area contributed by atoms with Crippen molar-refractivity contribution in [3.63, 3.8) is 0 Å². The number of likely N-dealkylation sites (tertiary alicyclic amines) is 1. The van der Waals surface area contributed by atoms with Gasteiger partial charge in [-0.1, -0.05) is 0 Å². The van der Waals surface area contributed by atoms with Crippen LogP contribution in [0.25, 0.3) is 0 Å². The number of amides is 1. The normalized spacial score (nSPS) is 19.8. The van der Waals surface area contributed by atoms with Gasteiger partial charge in [0.15, 0.2) is 0 Å². The number of aromatic nitrogens is 1. The van der Waals surface area contributed by atoms with Crippen molar-refractivity contribution in [2.45, 2.75) is 31.2 Å². The molecule has 2 heterocycles. The summed E-state index contributed by atoms with van der Waals surface area (Å²) < 4.78 is 5.38. The van der Waals surface area contributed by atoms with Crippen LogP contribution in [0, 0.1) is 17.0 Å². The van der Waals surface area contributed by atoms with Gasteiger partial charge in [0.1, 0.15) is 6.61 Å². The maximum Gasteiger partial charge on any atom is 0.410 e. The fourth-order valence-corrected chi connectivity index (χ4v) is 3.81. The highest BCUT2D eigenvalue weighted by Crippen LogP contribution is 2.35. The largest absolute Gasteiger partial charge is 0.445 e. The quantitative estimate of drug-likeness (QED) is 0.497. The molecule has 7 nitrogen and oxygen atoms in total. The lowest BCUT2D eigenvalue weighted by atomic mass is 10.2. The van der Waals surface area contributed by atoms with Gasteiger partial charge in [0.2, 0.25) is 0 Å². The Hall–Kier alpha value is -2.13. The Morgan fingerprint density at radius 3 is 2.80 bits per heavy atom. The highest BCUT2D eigenvalue weighted by atomic mass is 32.1. The first-order valence-electron chi connectivity index (χ1n) is 7.71. The van der Waals surface area contributed by atoms with Crippen LogP contribution in [0.15, 0.2) is 29.6 Å². The summed E-state index contributed by atoms with van der Waals surface area (Å²) >= 11 is 6.04. The molecule has 0 unspecified atom stereocenters. The molecular weight excluding hydrogens is 362 g/mol. The lowest BCUT2D eigenvalue weighted by molar-refractivity contribution is -0.384. The fourth-order valence-electron chi connectivity index (χ4n) is 2.77. The van der Waals surface area contributed by atoms with Gasteiger partial charge in [-0.15, -0.1) is 11.3 Å². The molecule has 1 aliphatic heterocycles. The van der Waals surface area contributed by atoms with Crippen LogP contribution in [0.2, 0.25) is 0 Å². The number of nitro groups is 1. The van der Waals surface area contributed by atoms with E-state index in [0.717, 1.165) is 17.1 Å². The molecule has 0 bridgehead atoms. The summed E-state index contributed by atoms with van der Waals surface area (Å²) in [5.74, 6) is 0. The molecule has 1 aromatic carbocycles. The molecular formula is C16H17N3O4S2. The number of rotatable bonds is 4. The van der Waals surface area contributed by atoms with Gasteiger partial charge in [-0.2, -0.15) is 12.6 Å². The SMILES string of the molecule is Cc1nc([C@@H]2C[C@H](S)CN2C(=O)OCc2ccc([N+](=O)[O-])cc2)cs1. The summed E-state index contributed by atoms with van der Waals surface area (Å²) in [6.07, 6.45) is 0.310. The van der Waals surface area contributed by atoms with E-state index >= 15 is 0 Å². The van der Waals surface area contributed by atoms with Crippen molar-refractivity contribution in [3.05, 3.63) is 56.0 Å². The Balaban J connectivity index is 1.64. The molecule has 1 aliphatic rings. The number of thiol groups is 1. The number of carbonyl (C=O) groups is 1. The summed E-state index contributed by atoms with van der Waals surface area (Å²) in [4.78, 5) is 28.8. The number of ether oxygens (including phenoxy) is 1. The number of hydrogen-bond acceptors (Lipinski definition) is 7. The number of benzene rings is 1. The maximum atomic E-state index is 12.5. The number of nitro benzene ring substituents is 1. The first kappa shape index (κ1) is 17.7. The van der Waals surface area contributed by atoms with Gasteiger partial charge >= 0.3 is 6.09 Å². The van der Waals surface area contributed by atoms with Gasteiger partial charge < -0.3 is 4.74 Å². The van der Waals surface area contributed by atoms with Gasteiger partial charge in [0.05, 0.1) is 21.7 Å². The molecule has 25 heavy (non-hydrogen) atoms. The maximum absolute atomic E-state index is 12.5. The highest BCUT2D eigenvalue weighted by Gasteiger charge is 2.36. The lowest BCUT2D eigenvalue weighted by Crippen LogP contribution is -2.32. The fraction of sp³-hybridized carbons (Fsp3) is 0.375. The van der Waals surface area contributed by atoms with Crippen LogP contribution in [0.4, 0.5) is 10.5 Å². The molecule has 0 N–H and O–H groups in total. The van der Waals surface area contributed by atoms with Crippen LogP contribution >= 0.6 is 24.0 Å². The minimum atomic E-state index is -0.465. The molecule has 1 aromatic heterocycles. The topological polar surface area (TPSA) is 85.6 Å². The van der Waals surface area contributed by atoms with E-state index in [1.165, 1.54) is 12.1 Å². The van der Waals surface area contributed by atoms with Crippen LogP contribution in [0.3, 0.4) is 0 Å². The Kier molecular flexibility index (Phi) is 5.24. The zero-order valence-electron chi connectivity index (χ0n) is 13.5. The van der Waals surface area contributed by atoms with Crippen LogP contribution in [0.5, 0.6) is 0 Å². The molecule has 1 amide bonds. The smallest absolute Gasteiger partial charge is 0.410 e. The van der Waals surface area contributed by atoms with Crippen LogP contribution < -0.4 is 0 Å². The Labute approximate surface area is 154 Å². The van der Waals surface area contributed by atoms with Crippen LogP contribution in [-0.4, -0.2) is 32.7 Å². The lowest BCUT2D eigenvalue weighted by Gasteiger charge is -2.22. The van der Waals surface area contributed by atoms with E-state index in [1.807, 2.05) is 12.3 Å². The van der Waals surface area contributed by atoms with E-state index in [0.29, 0.717) is 12.1 Å². The zero-order valence-corrected chi connectivity index (χ0v) is 15.2. The summed E-state index contributed by atoms with van der Waals surface area (Å²) in [5.41, 5.74) is 1.57. The van der Waals surface area contributed by atoms with Gasteiger partial charge in [0, 0.05) is 29.3 Å². The molecule has 1 saturated heterocycles. The number of hydrogen-bond donors (Lipinski definition) is 1. The second-order valence-corrected chi connectivity index (χ2v) is 7.62. The van der Waals surface area contributed by atoms with Crippen LogP contribution in [0.1, 0.15) is 28.7 Å². The third kappa shape index (κ3) is 4.10. The third-order valence-corrected chi connectivity index (χ3v) is 5.17. The average molecular weight is 379 g/mol. The predicted molar refractivity (Wildman–Crippen MR) is 97.0 cm³/mol. The Morgan fingerprint density at radius 1 is 1.48 bits per heavy atom. The molecule has 1 fully saturated rings. The van der Waals surface area contributed by atoms with Crippen molar-refractivity contribution in [1.82, 2.24) is 9.88 Å². The third-order valence-electron chi connectivity index (χ3n) is 4.00. The molecule has 132 valence electrons. The Morgan fingerprint density at radius 2 is 2.20 bits per heavy atom. The van der Waals surface area contributed by atoms with E-state index in [9.17, 15) is 14.9 Å². The second-order valence-electron chi connectivity index (χ2n) is 5.83. The van der Waals surface area contributed by atoms with Crippen LogP contribution in [-0.2, 0) is 11.3 Å². The molecule has 0 radical (unpaired) electrons. The van der Waals surface area contributed by atoms with Crippen molar-refractivity contribution in [3.8, 4) is 0 Å². The molecule has 9 heteroatoms. The standard InChI is InChI=1S/C16H17N3O4S2/c1-10-17-14(9-25-10)15-6-13(24)7-18(15)16(20)23-8-11-2-4-12(5-3-11)19(21)22/h2-5,9,13,15,24H,6-8H2,1H3/t13-,15-/m0/s1. The number of nitrogens with zero attached hydrogens (tertiary/aromatic N) is 3. The molecule has 0 aliphatic carbocycles. The van der Waals surface area contributed by atoms with Gasteiger partial charge in [-0.25, -0.2) is 9.78 Å². The van der Waals surface area contributed by atoms with Crippen molar-refractivity contribution >= 4 is 35.7 Å². The zero-order chi connectivity index (χ0) is 18.0. The van der Waals surface area contributed by atoms with Crippen molar-refractivity contribution in [2.24, 2.45) is 0 Å². The predicted octanol–water partition coefficient (Wildman–Crippen LogP) is 3.74. The summed E-state index contributed by atoms with van der Waals surface area (Å²) in [5, 5.41) is 13.7. The number of aryl methyl sites for hydroxylation is 1. The summed E-state index contributed by atoms with van der Waals surface area (Å²) in [7, 11) is 0. The molecule has 3 rings (SSSR count). The minimum absolute atomic E-state index is 0.00602. The number of carbonyl (C=O) groups excluding carboxylic acids is 1. The van der Waals surface area contributed by atoms with Gasteiger partial charge in [-0.3, -0.25) is 15.0 Å². The monoisotopic (exact) mass is 379 g/mol. The van der Waals surface area contributed by atoms with Gasteiger partial charge in [0.25, 0.3) is 5.69 Å². The first-order chi connectivity index (χ1) is 11.9. The minimum Gasteiger partial charge on any atom is -0.445 e. The number of thiazole rings is 1. The first-order valence-corrected chi connectivity index (χ1v) is 9.10.